The third-order valence-electron chi connectivity index (χ3n) is 2.23. The van der Waals surface area contributed by atoms with Gasteiger partial charge in [-0.2, -0.15) is 0 Å². The molecule has 0 spiro atoms. The van der Waals surface area contributed by atoms with Crippen LogP contribution in [0.4, 0.5) is 0 Å². The van der Waals surface area contributed by atoms with E-state index in [1.54, 1.807) is 7.05 Å². The van der Waals surface area contributed by atoms with Crippen LogP contribution in [0.1, 0.15) is 26.2 Å². The Morgan fingerprint density at radius 1 is 1.56 bits per heavy atom. The van der Waals surface area contributed by atoms with Crippen molar-refractivity contribution in [3.63, 3.8) is 0 Å². The van der Waals surface area contributed by atoms with Gasteiger partial charge in [-0.3, -0.25) is 4.79 Å². The fraction of sp³-hybridized carbons (Fsp3) is 0.857. The molecule has 1 fully saturated rings. The molecule has 1 aliphatic rings. The van der Waals surface area contributed by atoms with E-state index in [1.165, 1.54) is 6.42 Å². The van der Waals surface area contributed by atoms with Gasteiger partial charge in [0.1, 0.15) is 0 Å². The summed E-state index contributed by atoms with van der Waals surface area (Å²) in [5.41, 5.74) is -0.0191. The average Bonchev–Trinajstić information content (AvgIpc) is 1.81. The SMILES string of the molecule is CNC(=O)C1(C)CCC1. The Labute approximate surface area is 55.6 Å². The Morgan fingerprint density at radius 2 is 2.11 bits per heavy atom. The van der Waals surface area contributed by atoms with E-state index < -0.39 is 0 Å². The number of carbonyl (C=O) groups is 1. The standard InChI is InChI=1S/C7H13NO/c1-7(4-3-5-7)6(9)8-2/h3-5H2,1-2H3,(H,8,9). The van der Waals surface area contributed by atoms with Crippen LogP contribution in [0.2, 0.25) is 0 Å². The Balaban J connectivity index is 2.49. The van der Waals surface area contributed by atoms with Crippen LogP contribution in [0, 0.1) is 5.41 Å². The minimum atomic E-state index is -0.0191. The summed E-state index contributed by atoms with van der Waals surface area (Å²) in [6, 6.07) is 0. The summed E-state index contributed by atoms with van der Waals surface area (Å²) >= 11 is 0. The molecule has 1 N–H and O–H groups in total. The van der Waals surface area contributed by atoms with Crippen molar-refractivity contribution in [1.82, 2.24) is 5.32 Å². The molecular formula is C7H13NO. The summed E-state index contributed by atoms with van der Waals surface area (Å²) in [5, 5.41) is 2.67. The van der Waals surface area contributed by atoms with Gasteiger partial charge in [0.2, 0.25) is 5.91 Å². The molecule has 0 radical (unpaired) electrons. The van der Waals surface area contributed by atoms with Crippen LogP contribution in [-0.2, 0) is 4.79 Å². The second-order valence-corrected chi connectivity index (χ2v) is 2.99. The van der Waals surface area contributed by atoms with Crippen molar-refractivity contribution in [2.45, 2.75) is 26.2 Å². The van der Waals surface area contributed by atoms with Crippen molar-refractivity contribution in [3.05, 3.63) is 0 Å². The molecule has 1 rings (SSSR count). The Hall–Kier alpha value is -0.530. The number of hydrogen-bond acceptors (Lipinski definition) is 1. The minimum absolute atomic E-state index is 0.0191. The summed E-state index contributed by atoms with van der Waals surface area (Å²) in [7, 11) is 1.70. The molecule has 0 aromatic carbocycles. The quantitative estimate of drug-likeness (QED) is 0.557. The zero-order valence-electron chi connectivity index (χ0n) is 6.03. The molecule has 2 nitrogen and oxygen atoms in total. The van der Waals surface area contributed by atoms with Crippen LogP contribution in [0.15, 0.2) is 0 Å². The molecule has 0 heterocycles. The van der Waals surface area contributed by atoms with Crippen molar-refractivity contribution in [3.8, 4) is 0 Å². The zero-order valence-corrected chi connectivity index (χ0v) is 6.03. The zero-order chi connectivity index (χ0) is 6.91. The monoisotopic (exact) mass is 127 g/mol. The largest absolute Gasteiger partial charge is 0.359 e. The lowest BCUT2D eigenvalue weighted by molar-refractivity contribution is -0.133. The normalized spacial score (nSPS) is 22.4. The van der Waals surface area contributed by atoms with Crippen molar-refractivity contribution in [2.75, 3.05) is 7.05 Å². The van der Waals surface area contributed by atoms with Crippen LogP contribution in [0.5, 0.6) is 0 Å². The summed E-state index contributed by atoms with van der Waals surface area (Å²) in [6.45, 7) is 2.02. The Kier molecular flexibility index (Phi) is 1.47. The summed E-state index contributed by atoms with van der Waals surface area (Å²) in [5.74, 6) is 0.203. The minimum Gasteiger partial charge on any atom is -0.359 e. The average molecular weight is 127 g/mol. The molecule has 52 valence electrons. The first-order valence-corrected chi connectivity index (χ1v) is 3.41. The fourth-order valence-electron chi connectivity index (χ4n) is 1.24. The van der Waals surface area contributed by atoms with Crippen LogP contribution in [0.3, 0.4) is 0 Å². The molecule has 0 saturated heterocycles. The highest BCUT2D eigenvalue weighted by Gasteiger charge is 2.38. The maximum atomic E-state index is 11.0. The van der Waals surface area contributed by atoms with E-state index in [4.69, 9.17) is 0 Å². The molecule has 0 atom stereocenters. The van der Waals surface area contributed by atoms with Crippen molar-refractivity contribution < 1.29 is 4.79 Å². The van der Waals surface area contributed by atoms with Gasteiger partial charge in [0.05, 0.1) is 0 Å². The first-order chi connectivity index (χ1) is 4.19. The molecular weight excluding hydrogens is 114 g/mol. The number of amides is 1. The molecule has 0 aliphatic heterocycles. The summed E-state index contributed by atoms with van der Waals surface area (Å²) < 4.78 is 0. The van der Waals surface area contributed by atoms with Crippen LogP contribution >= 0.6 is 0 Å². The van der Waals surface area contributed by atoms with Gasteiger partial charge in [-0.1, -0.05) is 13.3 Å². The van der Waals surface area contributed by atoms with Gasteiger partial charge in [0, 0.05) is 12.5 Å². The lowest BCUT2D eigenvalue weighted by Gasteiger charge is -2.35. The summed E-state index contributed by atoms with van der Waals surface area (Å²) in [4.78, 5) is 11.0. The van der Waals surface area contributed by atoms with E-state index in [2.05, 4.69) is 5.32 Å². The second kappa shape index (κ2) is 2.01. The van der Waals surface area contributed by atoms with Crippen LogP contribution < -0.4 is 5.32 Å². The van der Waals surface area contributed by atoms with Gasteiger partial charge < -0.3 is 5.32 Å². The maximum absolute atomic E-state index is 11.0. The molecule has 9 heavy (non-hydrogen) atoms. The van der Waals surface area contributed by atoms with Gasteiger partial charge in [0.15, 0.2) is 0 Å². The van der Waals surface area contributed by atoms with E-state index in [-0.39, 0.29) is 11.3 Å². The maximum Gasteiger partial charge on any atom is 0.225 e. The van der Waals surface area contributed by atoms with Crippen molar-refractivity contribution in [2.24, 2.45) is 5.41 Å². The van der Waals surface area contributed by atoms with E-state index >= 15 is 0 Å². The molecule has 2 heteroatoms. The third kappa shape index (κ3) is 0.934. The lowest BCUT2D eigenvalue weighted by atomic mass is 9.70. The first-order valence-electron chi connectivity index (χ1n) is 3.41. The second-order valence-electron chi connectivity index (χ2n) is 2.99. The van der Waals surface area contributed by atoms with E-state index in [9.17, 15) is 4.79 Å². The van der Waals surface area contributed by atoms with E-state index in [0.29, 0.717) is 0 Å². The van der Waals surface area contributed by atoms with E-state index in [0.717, 1.165) is 12.8 Å². The molecule has 1 aliphatic carbocycles. The number of rotatable bonds is 1. The Bertz CT molecular complexity index is 127. The van der Waals surface area contributed by atoms with Crippen LogP contribution in [0.25, 0.3) is 0 Å². The number of hydrogen-bond donors (Lipinski definition) is 1. The summed E-state index contributed by atoms with van der Waals surface area (Å²) in [6.07, 6.45) is 3.34. The predicted molar refractivity (Wildman–Crippen MR) is 36.0 cm³/mol. The molecule has 0 unspecified atom stereocenters. The first kappa shape index (κ1) is 6.59. The Morgan fingerprint density at radius 3 is 2.22 bits per heavy atom. The third-order valence-corrected chi connectivity index (χ3v) is 2.23. The molecule has 0 bridgehead atoms. The van der Waals surface area contributed by atoms with Gasteiger partial charge in [-0.05, 0) is 12.8 Å². The van der Waals surface area contributed by atoms with Crippen molar-refractivity contribution in [1.29, 1.82) is 0 Å². The van der Waals surface area contributed by atoms with Crippen molar-refractivity contribution >= 4 is 5.91 Å². The fourth-order valence-corrected chi connectivity index (χ4v) is 1.24. The molecule has 1 amide bonds. The van der Waals surface area contributed by atoms with E-state index in [1.807, 2.05) is 6.92 Å². The number of nitrogens with one attached hydrogen (secondary N) is 1. The smallest absolute Gasteiger partial charge is 0.225 e. The topological polar surface area (TPSA) is 29.1 Å². The molecule has 0 aromatic heterocycles. The highest BCUT2D eigenvalue weighted by molar-refractivity contribution is 5.82. The van der Waals surface area contributed by atoms with Gasteiger partial charge >= 0.3 is 0 Å². The van der Waals surface area contributed by atoms with Gasteiger partial charge in [-0.15, -0.1) is 0 Å². The lowest BCUT2D eigenvalue weighted by Crippen LogP contribution is -2.41. The predicted octanol–water partition coefficient (Wildman–Crippen LogP) is 0.923. The van der Waals surface area contributed by atoms with Gasteiger partial charge in [0.25, 0.3) is 0 Å². The highest BCUT2D eigenvalue weighted by Crippen LogP contribution is 2.40. The number of carbonyl (C=O) groups excluding carboxylic acids is 1. The molecule has 1 saturated carbocycles. The van der Waals surface area contributed by atoms with Crippen LogP contribution in [-0.4, -0.2) is 13.0 Å². The molecule has 0 aromatic rings. The highest BCUT2D eigenvalue weighted by atomic mass is 16.2. The van der Waals surface area contributed by atoms with Gasteiger partial charge in [-0.25, -0.2) is 0 Å².